The van der Waals surface area contributed by atoms with Crippen LogP contribution < -0.4 is 15.5 Å². The second kappa shape index (κ2) is 10.8. The van der Waals surface area contributed by atoms with Gasteiger partial charge in [0.05, 0.1) is 12.1 Å². The van der Waals surface area contributed by atoms with Crippen LogP contribution in [0.15, 0.2) is 48.5 Å². The van der Waals surface area contributed by atoms with Gasteiger partial charge in [0.15, 0.2) is 0 Å². The zero-order valence-corrected chi connectivity index (χ0v) is 19.5. The first-order valence-corrected chi connectivity index (χ1v) is 11.8. The lowest BCUT2D eigenvalue weighted by molar-refractivity contribution is -0.139. The average Bonchev–Trinajstić information content (AvgIpc) is 3.36. The second-order valence-corrected chi connectivity index (χ2v) is 9.05. The summed E-state index contributed by atoms with van der Waals surface area (Å²) in [7, 11) is 4.03. The molecule has 1 saturated heterocycles. The number of hydrogen-bond acceptors (Lipinski definition) is 5. The Morgan fingerprint density at radius 3 is 2.48 bits per heavy atom. The summed E-state index contributed by atoms with van der Waals surface area (Å²) in [5.74, 6) is -1.20. The quantitative estimate of drug-likeness (QED) is 0.633. The van der Waals surface area contributed by atoms with E-state index in [1.165, 1.54) is 11.1 Å². The van der Waals surface area contributed by atoms with Crippen LogP contribution in [-0.2, 0) is 27.3 Å². The van der Waals surface area contributed by atoms with Gasteiger partial charge in [0.1, 0.15) is 0 Å². The Kier molecular flexibility index (Phi) is 7.62. The molecule has 0 spiro atoms. The first-order valence-electron chi connectivity index (χ1n) is 11.8. The summed E-state index contributed by atoms with van der Waals surface area (Å²) >= 11 is 0. The molecule has 7 heteroatoms. The number of fused-ring (bicyclic) bond motifs is 1. The van der Waals surface area contributed by atoms with Gasteiger partial charge < -0.3 is 20.3 Å². The third-order valence-electron chi connectivity index (χ3n) is 6.57. The lowest BCUT2D eigenvalue weighted by atomic mass is 9.96. The standard InChI is InChI=1S/C26H34N4O3/c1-29(2)22-11-9-20(10-12-22)24(30-14-13-19-6-3-4-7-21(19)18-30)17-28-26(32)25(31)27-16-23-8-5-15-33-23/h3-4,6-7,9-12,23-24H,5,8,13-18H2,1-2H3,(H,27,31)(H,28,32)/t23-,24+/m1/s1. The van der Waals surface area contributed by atoms with Crippen molar-refractivity contribution in [3.8, 4) is 0 Å². The van der Waals surface area contributed by atoms with E-state index in [-0.39, 0.29) is 12.1 Å². The Morgan fingerprint density at radius 1 is 1.06 bits per heavy atom. The van der Waals surface area contributed by atoms with Crippen molar-refractivity contribution in [1.82, 2.24) is 15.5 Å². The Bertz CT molecular complexity index is 954. The Balaban J connectivity index is 1.43. The highest BCUT2D eigenvalue weighted by molar-refractivity contribution is 6.35. The van der Waals surface area contributed by atoms with Gasteiger partial charge in [-0.05, 0) is 48.1 Å². The summed E-state index contributed by atoms with van der Waals surface area (Å²) in [6.45, 7) is 3.19. The lowest BCUT2D eigenvalue weighted by Gasteiger charge is -2.36. The molecule has 0 radical (unpaired) electrons. The molecule has 33 heavy (non-hydrogen) atoms. The molecule has 2 heterocycles. The van der Waals surface area contributed by atoms with E-state index >= 15 is 0 Å². The van der Waals surface area contributed by atoms with Gasteiger partial charge in [0.2, 0.25) is 0 Å². The Hall–Kier alpha value is -2.90. The third kappa shape index (κ3) is 5.92. The van der Waals surface area contributed by atoms with Crippen LogP contribution in [0.4, 0.5) is 5.69 Å². The summed E-state index contributed by atoms with van der Waals surface area (Å²) in [6, 6.07) is 16.9. The SMILES string of the molecule is CN(C)c1ccc([C@H](CNC(=O)C(=O)NC[C@H]2CCCO2)N2CCc3ccccc3C2)cc1. The Labute approximate surface area is 196 Å². The number of carbonyl (C=O) groups excluding carboxylic acids is 2. The van der Waals surface area contributed by atoms with Crippen molar-refractivity contribution < 1.29 is 14.3 Å². The van der Waals surface area contributed by atoms with E-state index in [4.69, 9.17) is 4.74 Å². The minimum atomic E-state index is -0.601. The summed E-state index contributed by atoms with van der Waals surface area (Å²) in [5.41, 5.74) is 4.95. The van der Waals surface area contributed by atoms with Crippen molar-refractivity contribution in [2.75, 3.05) is 45.2 Å². The number of benzene rings is 2. The zero-order valence-electron chi connectivity index (χ0n) is 19.5. The van der Waals surface area contributed by atoms with Crippen LogP contribution >= 0.6 is 0 Å². The predicted molar refractivity (Wildman–Crippen MR) is 129 cm³/mol. The molecule has 1 fully saturated rings. The van der Waals surface area contributed by atoms with Gasteiger partial charge in [0, 0.05) is 52.6 Å². The van der Waals surface area contributed by atoms with Crippen LogP contribution in [0.1, 0.15) is 35.6 Å². The van der Waals surface area contributed by atoms with E-state index < -0.39 is 11.8 Å². The minimum absolute atomic E-state index is 0.0122. The van der Waals surface area contributed by atoms with E-state index in [1.807, 2.05) is 14.1 Å². The van der Waals surface area contributed by atoms with Crippen LogP contribution in [0.3, 0.4) is 0 Å². The topological polar surface area (TPSA) is 73.9 Å². The zero-order chi connectivity index (χ0) is 23.2. The maximum absolute atomic E-state index is 12.5. The fourth-order valence-electron chi connectivity index (χ4n) is 4.60. The molecule has 2 aromatic carbocycles. The molecule has 0 unspecified atom stereocenters. The molecule has 2 N–H and O–H groups in total. The highest BCUT2D eigenvalue weighted by Crippen LogP contribution is 2.28. The smallest absolute Gasteiger partial charge is 0.309 e. The molecular formula is C26H34N4O3. The van der Waals surface area contributed by atoms with Crippen LogP contribution in [-0.4, -0.2) is 63.2 Å². The summed E-state index contributed by atoms with van der Waals surface area (Å²) in [6.07, 6.45) is 2.90. The van der Waals surface area contributed by atoms with E-state index in [0.717, 1.165) is 50.2 Å². The summed E-state index contributed by atoms with van der Waals surface area (Å²) in [5, 5.41) is 5.58. The van der Waals surface area contributed by atoms with Crippen LogP contribution in [0.2, 0.25) is 0 Å². The average molecular weight is 451 g/mol. The lowest BCUT2D eigenvalue weighted by Crippen LogP contribution is -2.46. The first-order chi connectivity index (χ1) is 16.0. The van der Waals surface area contributed by atoms with Crippen molar-refractivity contribution in [2.45, 2.75) is 38.0 Å². The number of ether oxygens (including phenoxy) is 1. The molecule has 0 saturated carbocycles. The highest BCUT2D eigenvalue weighted by Gasteiger charge is 2.26. The van der Waals surface area contributed by atoms with Gasteiger partial charge in [-0.15, -0.1) is 0 Å². The van der Waals surface area contributed by atoms with Crippen molar-refractivity contribution in [2.24, 2.45) is 0 Å². The number of nitrogens with zero attached hydrogens (tertiary/aromatic N) is 2. The van der Waals surface area contributed by atoms with Crippen LogP contribution in [0.5, 0.6) is 0 Å². The Morgan fingerprint density at radius 2 is 1.79 bits per heavy atom. The van der Waals surface area contributed by atoms with Crippen LogP contribution in [0.25, 0.3) is 0 Å². The molecule has 4 rings (SSSR count). The molecule has 0 aromatic heterocycles. The maximum Gasteiger partial charge on any atom is 0.309 e. The van der Waals surface area contributed by atoms with E-state index in [2.05, 4.69) is 69.0 Å². The molecule has 176 valence electrons. The number of rotatable bonds is 7. The molecule has 0 aliphatic carbocycles. The van der Waals surface area contributed by atoms with E-state index in [1.54, 1.807) is 0 Å². The van der Waals surface area contributed by atoms with E-state index in [0.29, 0.717) is 13.1 Å². The van der Waals surface area contributed by atoms with Crippen molar-refractivity contribution in [3.63, 3.8) is 0 Å². The third-order valence-corrected chi connectivity index (χ3v) is 6.57. The molecule has 7 nitrogen and oxygen atoms in total. The molecule has 0 bridgehead atoms. The highest BCUT2D eigenvalue weighted by atomic mass is 16.5. The van der Waals surface area contributed by atoms with E-state index in [9.17, 15) is 9.59 Å². The molecule has 2 aliphatic heterocycles. The monoisotopic (exact) mass is 450 g/mol. The maximum atomic E-state index is 12.5. The van der Waals surface area contributed by atoms with Gasteiger partial charge in [-0.1, -0.05) is 36.4 Å². The number of amides is 2. The first kappa shape index (κ1) is 23.3. The number of anilines is 1. The summed E-state index contributed by atoms with van der Waals surface area (Å²) in [4.78, 5) is 29.3. The predicted octanol–water partition coefficient (Wildman–Crippen LogP) is 2.26. The molecule has 2 atom stereocenters. The van der Waals surface area contributed by atoms with Gasteiger partial charge in [-0.25, -0.2) is 0 Å². The van der Waals surface area contributed by atoms with Gasteiger partial charge in [-0.3, -0.25) is 14.5 Å². The van der Waals surface area contributed by atoms with Gasteiger partial charge in [0.25, 0.3) is 0 Å². The number of hydrogen-bond donors (Lipinski definition) is 2. The van der Waals surface area contributed by atoms with Gasteiger partial charge >= 0.3 is 11.8 Å². The summed E-state index contributed by atoms with van der Waals surface area (Å²) < 4.78 is 5.52. The van der Waals surface area contributed by atoms with Crippen molar-refractivity contribution in [1.29, 1.82) is 0 Å². The van der Waals surface area contributed by atoms with Crippen molar-refractivity contribution in [3.05, 3.63) is 65.2 Å². The van der Waals surface area contributed by atoms with Crippen LogP contribution in [0, 0.1) is 0 Å². The normalized spacial score (nSPS) is 18.9. The molecule has 2 amide bonds. The molecular weight excluding hydrogens is 416 g/mol. The van der Waals surface area contributed by atoms with Gasteiger partial charge in [-0.2, -0.15) is 0 Å². The molecule has 2 aliphatic rings. The largest absolute Gasteiger partial charge is 0.378 e. The second-order valence-electron chi connectivity index (χ2n) is 9.05. The van der Waals surface area contributed by atoms with Crippen molar-refractivity contribution >= 4 is 17.5 Å². The molecule has 2 aromatic rings. The number of carbonyl (C=O) groups is 2. The number of nitrogens with one attached hydrogen (secondary N) is 2. The fourth-order valence-corrected chi connectivity index (χ4v) is 4.60. The fraction of sp³-hybridized carbons (Fsp3) is 0.462. The minimum Gasteiger partial charge on any atom is -0.378 e.